The Morgan fingerprint density at radius 3 is 2.29 bits per heavy atom. The summed E-state index contributed by atoms with van der Waals surface area (Å²) in [5.41, 5.74) is 1.36. The number of nitrogens with zero attached hydrogens (tertiary/aromatic N) is 2. The van der Waals surface area contributed by atoms with Crippen LogP contribution < -0.4 is 15.5 Å². The molecule has 0 fully saturated rings. The SMILES string of the molecule is C.CNC(=O)CCNC(=O)Cc1ccc(N(C)C(=O)CC(=O)N(C)CCOCCCOC=O)cc1. The van der Waals surface area contributed by atoms with Gasteiger partial charge >= 0.3 is 0 Å². The van der Waals surface area contributed by atoms with Gasteiger partial charge < -0.3 is 29.9 Å². The van der Waals surface area contributed by atoms with E-state index >= 15 is 0 Å². The van der Waals surface area contributed by atoms with Gasteiger partial charge in [0.2, 0.25) is 23.6 Å². The van der Waals surface area contributed by atoms with E-state index < -0.39 is 0 Å². The second kappa shape index (κ2) is 17.9. The van der Waals surface area contributed by atoms with Crippen LogP contribution in [0.1, 0.15) is 32.3 Å². The maximum Gasteiger partial charge on any atom is 0.293 e. The normalized spacial score (nSPS) is 9.91. The first-order valence-corrected chi connectivity index (χ1v) is 11.0. The van der Waals surface area contributed by atoms with Crippen molar-refractivity contribution in [2.45, 2.75) is 33.1 Å². The molecule has 11 nitrogen and oxygen atoms in total. The van der Waals surface area contributed by atoms with Gasteiger partial charge in [0.15, 0.2) is 0 Å². The smallest absolute Gasteiger partial charge is 0.293 e. The standard InChI is InChI=1S/C23H34N4O7.CH4/c1-24-20(29)9-10-25-21(30)15-18-5-7-19(8-6-18)27(3)23(32)16-22(31)26(2)11-14-33-12-4-13-34-17-28;/h5-8,17H,4,9-16H2,1-3H3,(H,24,29)(H,25,30);1H4. The third-order valence-corrected chi connectivity index (χ3v) is 4.93. The molecule has 0 saturated carbocycles. The molecular formula is C24H38N4O7. The van der Waals surface area contributed by atoms with Crippen molar-refractivity contribution in [2.75, 3.05) is 59.0 Å². The highest BCUT2D eigenvalue weighted by atomic mass is 16.5. The van der Waals surface area contributed by atoms with Gasteiger partial charge in [-0.1, -0.05) is 19.6 Å². The number of hydrogen-bond acceptors (Lipinski definition) is 7. The van der Waals surface area contributed by atoms with Gasteiger partial charge in [-0.2, -0.15) is 0 Å². The molecule has 1 aromatic carbocycles. The monoisotopic (exact) mass is 494 g/mol. The summed E-state index contributed by atoms with van der Waals surface area (Å²) in [7, 11) is 4.72. The van der Waals surface area contributed by atoms with E-state index in [1.807, 2.05) is 0 Å². The van der Waals surface area contributed by atoms with Crippen molar-refractivity contribution in [3.63, 3.8) is 0 Å². The molecule has 11 heteroatoms. The third kappa shape index (κ3) is 13.1. The zero-order valence-electron chi connectivity index (χ0n) is 20.0. The Kier molecular flexibility index (Phi) is 16.2. The molecule has 0 saturated heterocycles. The topological polar surface area (TPSA) is 134 Å². The van der Waals surface area contributed by atoms with E-state index in [1.165, 1.54) is 16.8 Å². The summed E-state index contributed by atoms with van der Waals surface area (Å²) in [6.07, 6.45) is 0.657. The van der Waals surface area contributed by atoms with Gasteiger partial charge in [0.25, 0.3) is 6.47 Å². The van der Waals surface area contributed by atoms with Crippen molar-refractivity contribution in [1.82, 2.24) is 15.5 Å². The van der Waals surface area contributed by atoms with Gasteiger partial charge in [0.1, 0.15) is 6.42 Å². The molecule has 0 aliphatic heterocycles. The number of likely N-dealkylation sites (N-methyl/N-ethyl adjacent to an activating group) is 1. The molecule has 35 heavy (non-hydrogen) atoms. The highest BCUT2D eigenvalue weighted by Crippen LogP contribution is 2.15. The summed E-state index contributed by atoms with van der Waals surface area (Å²) in [5.74, 6) is -1.03. The van der Waals surface area contributed by atoms with Gasteiger partial charge in [-0.05, 0) is 17.7 Å². The predicted octanol–water partition coefficient (Wildman–Crippen LogP) is 0.509. The van der Waals surface area contributed by atoms with Crippen LogP contribution in [-0.2, 0) is 39.9 Å². The molecular weight excluding hydrogens is 456 g/mol. The van der Waals surface area contributed by atoms with Crippen LogP contribution in [0.5, 0.6) is 0 Å². The first-order chi connectivity index (χ1) is 16.3. The highest BCUT2D eigenvalue weighted by Gasteiger charge is 2.18. The second-order valence-corrected chi connectivity index (χ2v) is 7.49. The van der Waals surface area contributed by atoms with E-state index in [2.05, 4.69) is 15.4 Å². The number of rotatable bonds is 16. The number of carbonyl (C=O) groups excluding carboxylic acids is 5. The lowest BCUT2D eigenvalue weighted by molar-refractivity contribution is -0.135. The van der Waals surface area contributed by atoms with E-state index in [4.69, 9.17) is 4.74 Å². The Hall–Kier alpha value is -3.47. The predicted molar refractivity (Wildman–Crippen MR) is 132 cm³/mol. The quantitative estimate of drug-likeness (QED) is 0.194. The van der Waals surface area contributed by atoms with E-state index in [0.717, 1.165) is 5.56 Å². The number of anilines is 1. The number of benzene rings is 1. The summed E-state index contributed by atoms with van der Waals surface area (Å²) in [6.45, 7) is 1.99. The van der Waals surface area contributed by atoms with Crippen LogP contribution in [0, 0.1) is 0 Å². The molecule has 1 aromatic rings. The molecule has 1 rings (SSSR count). The Bertz CT molecular complexity index is 815. The van der Waals surface area contributed by atoms with E-state index in [9.17, 15) is 24.0 Å². The fourth-order valence-corrected chi connectivity index (χ4v) is 2.77. The fraction of sp³-hybridized carbons (Fsp3) is 0.542. The number of ether oxygens (including phenoxy) is 2. The fourth-order valence-electron chi connectivity index (χ4n) is 2.77. The summed E-state index contributed by atoms with van der Waals surface area (Å²) in [5, 5.41) is 5.17. The molecule has 0 heterocycles. The van der Waals surface area contributed by atoms with Crippen LogP contribution in [0.3, 0.4) is 0 Å². The lowest BCUT2D eigenvalue weighted by Crippen LogP contribution is -2.36. The van der Waals surface area contributed by atoms with Crippen molar-refractivity contribution >= 4 is 35.8 Å². The molecule has 0 spiro atoms. The van der Waals surface area contributed by atoms with Crippen molar-refractivity contribution in [3.05, 3.63) is 29.8 Å². The molecule has 0 aliphatic carbocycles. The minimum Gasteiger partial charge on any atom is -0.468 e. The zero-order chi connectivity index (χ0) is 25.3. The summed E-state index contributed by atoms with van der Waals surface area (Å²) in [6, 6.07) is 6.90. The van der Waals surface area contributed by atoms with Crippen LogP contribution in [-0.4, -0.2) is 89.1 Å². The van der Waals surface area contributed by atoms with Crippen molar-refractivity contribution in [1.29, 1.82) is 0 Å². The maximum absolute atomic E-state index is 12.5. The molecule has 0 atom stereocenters. The first-order valence-electron chi connectivity index (χ1n) is 11.0. The van der Waals surface area contributed by atoms with Crippen molar-refractivity contribution in [2.24, 2.45) is 0 Å². The number of carbonyl (C=O) groups is 5. The van der Waals surface area contributed by atoms with Gasteiger partial charge in [-0.3, -0.25) is 24.0 Å². The summed E-state index contributed by atoms with van der Waals surface area (Å²) < 4.78 is 9.92. The van der Waals surface area contributed by atoms with E-state index in [0.29, 0.717) is 38.3 Å². The van der Waals surface area contributed by atoms with Crippen LogP contribution in [0.4, 0.5) is 5.69 Å². The lowest BCUT2D eigenvalue weighted by atomic mass is 10.1. The van der Waals surface area contributed by atoms with Crippen LogP contribution in [0.15, 0.2) is 24.3 Å². The van der Waals surface area contributed by atoms with Gasteiger partial charge in [-0.25, -0.2) is 0 Å². The molecule has 2 N–H and O–H groups in total. The number of amides is 4. The average Bonchev–Trinajstić information content (AvgIpc) is 2.83. The molecule has 0 radical (unpaired) electrons. The Balaban J connectivity index is 0.0000116. The van der Waals surface area contributed by atoms with Gasteiger partial charge in [0, 0.05) is 59.4 Å². The Morgan fingerprint density at radius 1 is 0.971 bits per heavy atom. The third-order valence-electron chi connectivity index (χ3n) is 4.93. The summed E-state index contributed by atoms with van der Waals surface area (Å²) in [4.78, 5) is 60.8. The van der Waals surface area contributed by atoms with Crippen LogP contribution in [0.2, 0.25) is 0 Å². The van der Waals surface area contributed by atoms with Crippen molar-refractivity contribution < 1.29 is 33.4 Å². The maximum atomic E-state index is 12.5. The summed E-state index contributed by atoms with van der Waals surface area (Å²) >= 11 is 0. The second-order valence-electron chi connectivity index (χ2n) is 7.49. The molecule has 0 aliphatic rings. The molecule has 0 aromatic heterocycles. The zero-order valence-corrected chi connectivity index (χ0v) is 20.0. The molecule has 0 unspecified atom stereocenters. The number of hydrogen-bond donors (Lipinski definition) is 2. The van der Waals surface area contributed by atoms with Gasteiger partial charge in [0.05, 0.1) is 19.6 Å². The van der Waals surface area contributed by atoms with Crippen LogP contribution >= 0.6 is 0 Å². The van der Waals surface area contributed by atoms with Crippen LogP contribution in [0.25, 0.3) is 0 Å². The van der Waals surface area contributed by atoms with E-state index in [-0.39, 0.29) is 63.5 Å². The minimum atomic E-state index is -0.358. The van der Waals surface area contributed by atoms with Gasteiger partial charge in [-0.15, -0.1) is 0 Å². The largest absolute Gasteiger partial charge is 0.468 e. The number of nitrogens with one attached hydrogen (secondary N) is 2. The average molecular weight is 495 g/mol. The molecule has 196 valence electrons. The van der Waals surface area contributed by atoms with Crippen molar-refractivity contribution in [3.8, 4) is 0 Å². The Morgan fingerprint density at radius 2 is 1.66 bits per heavy atom. The molecule has 0 bridgehead atoms. The Labute approximate surface area is 207 Å². The lowest BCUT2D eigenvalue weighted by Gasteiger charge is -2.21. The highest BCUT2D eigenvalue weighted by molar-refractivity contribution is 6.04. The minimum absolute atomic E-state index is 0. The molecule has 4 amide bonds. The van der Waals surface area contributed by atoms with E-state index in [1.54, 1.807) is 38.4 Å². The first kappa shape index (κ1) is 31.5.